The molecule has 23 heavy (non-hydrogen) atoms. The molecule has 1 spiro atoms. The summed E-state index contributed by atoms with van der Waals surface area (Å²) in [6.45, 7) is 1.85. The van der Waals surface area contributed by atoms with Crippen molar-refractivity contribution in [1.82, 2.24) is 10.6 Å². The smallest absolute Gasteiger partial charge is 0.191 e. The van der Waals surface area contributed by atoms with Crippen LogP contribution in [0.5, 0.6) is 0 Å². The molecule has 3 fully saturated rings. The SMILES string of the molecule is CN=C(NCCc1ccccc1)NC1C2CCOC2C12CCC2. The Morgan fingerprint density at radius 2 is 2.13 bits per heavy atom. The van der Waals surface area contributed by atoms with Gasteiger partial charge < -0.3 is 15.4 Å². The largest absolute Gasteiger partial charge is 0.377 e. The molecule has 3 atom stereocenters. The summed E-state index contributed by atoms with van der Waals surface area (Å²) in [6.07, 6.45) is 6.71. The van der Waals surface area contributed by atoms with Crippen LogP contribution in [0, 0.1) is 11.3 Å². The van der Waals surface area contributed by atoms with Crippen molar-refractivity contribution in [3.63, 3.8) is 0 Å². The first-order chi connectivity index (χ1) is 11.3. The van der Waals surface area contributed by atoms with Crippen molar-refractivity contribution < 1.29 is 4.74 Å². The minimum atomic E-state index is 0.401. The van der Waals surface area contributed by atoms with Gasteiger partial charge in [-0.15, -0.1) is 0 Å². The number of hydrogen-bond acceptors (Lipinski definition) is 2. The molecular formula is C19H27N3O. The monoisotopic (exact) mass is 313 g/mol. The molecule has 4 rings (SSSR count). The van der Waals surface area contributed by atoms with E-state index < -0.39 is 0 Å². The number of rotatable bonds is 4. The second-order valence-electron chi connectivity index (χ2n) is 7.19. The molecule has 1 aromatic rings. The van der Waals surface area contributed by atoms with E-state index in [-0.39, 0.29) is 0 Å². The Labute approximate surface area is 138 Å². The second-order valence-corrected chi connectivity index (χ2v) is 7.19. The fraction of sp³-hybridized carbons (Fsp3) is 0.632. The Balaban J connectivity index is 1.32. The zero-order valence-electron chi connectivity index (χ0n) is 13.9. The van der Waals surface area contributed by atoms with Gasteiger partial charge in [-0.3, -0.25) is 4.99 Å². The number of aliphatic imine (C=N–C) groups is 1. The lowest BCUT2D eigenvalue weighted by atomic mass is 9.46. The minimum Gasteiger partial charge on any atom is -0.377 e. The van der Waals surface area contributed by atoms with Gasteiger partial charge in [0, 0.05) is 37.6 Å². The van der Waals surface area contributed by atoms with Crippen molar-refractivity contribution in [1.29, 1.82) is 0 Å². The quantitative estimate of drug-likeness (QED) is 0.662. The van der Waals surface area contributed by atoms with Gasteiger partial charge in [0.15, 0.2) is 5.96 Å². The van der Waals surface area contributed by atoms with Gasteiger partial charge in [0.05, 0.1) is 6.10 Å². The van der Waals surface area contributed by atoms with Crippen LogP contribution in [0.1, 0.15) is 31.2 Å². The maximum Gasteiger partial charge on any atom is 0.191 e. The van der Waals surface area contributed by atoms with Gasteiger partial charge >= 0.3 is 0 Å². The molecule has 1 aromatic carbocycles. The summed E-state index contributed by atoms with van der Waals surface area (Å²) < 4.78 is 5.99. The molecule has 1 heterocycles. The number of nitrogens with zero attached hydrogens (tertiary/aromatic N) is 1. The maximum atomic E-state index is 5.99. The highest BCUT2D eigenvalue weighted by Crippen LogP contribution is 2.62. The van der Waals surface area contributed by atoms with E-state index >= 15 is 0 Å². The van der Waals surface area contributed by atoms with Gasteiger partial charge in [-0.25, -0.2) is 0 Å². The fourth-order valence-electron chi connectivity index (χ4n) is 4.77. The van der Waals surface area contributed by atoms with Crippen LogP contribution in [-0.4, -0.2) is 38.3 Å². The molecule has 0 radical (unpaired) electrons. The summed E-state index contributed by atoms with van der Waals surface area (Å²) in [7, 11) is 1.87. The van der Waals surface area contributed by atoms with Crippen molar-refractivity contribution in [3.05, 3.63) is 35.9 Å². The van der Waals surface area contributed by atoms with E-state index in [4.69, 9.17) is 4.74 Å². The van der Waals surface area contributed by atoms with E-state index in [0.29, 0.717) is 23.5 Å². The summed E-state index contributed by atoms with van der Waals surface area (Å²) in [4.78, 5) is 4.43. The topological polar surface area (TPSA) is 45.7 Å². The molecule has 2 saturated carbocycles. The molecule has 3 aliphatic rings. The van der Waals surface area contributed by atoms with Crippen LogP contribution in [-0.2, 0) is 11.2 Å². The lowest BCUT2D eigenvalue weighted by Crippen LogP contribution is -2.72. The van der Waals surface area contributed by atoms with Crippen molar-refractivity contribution in [3.8, 4) is 0 Å². The van der Waals surface area contributed by atoms with E-state index in [1.807, 2.05) is 7.05 Å². The van der Waals surface area contributed by atoms with E-state index in [1.165, 1.54) is 31.2 Å². The minimum absolute atomic E-state index is 0.401. The third-order valence-electron chi connectivity index (χ3n) is 6.10. The van der Waals surface area contributed by atoms with Gasteiger partial charge in [0.1, 0.15) is 0 Å². The number of ether oxygens (including phenoxy) is 1. The Hall–Kier alpha value is -1.55. The lowest BCUT2D eigenvalue weighted by molar-refractivity contribution is -0.171. The molecular weight excluding hydrogens is 286 g/mol. The number of hydrogen-bond donors (Lipinski definition) is 2. The van der Waals surface area contributed by atoms with E-state index in [9.17, 15) is 0 Å². The molecule has 4 heteroatoms. The third kappa shape index (κ3) is 2.53. The number of benzene rings is 1. The van der Waals surface area contributed by atoms with Crippen LogP contribution in [0.2, 0.25) is 0 Å². The molecule has 1 saturated heterocycles. The Kier molecular flexibility index (Phi) is 4.02. The maximum absolute atomic E-state index is 5.99. The average Bonchev–Trinajstić information content (AvgIpc) is 2.95. The lowest BCUT2D eigenvalue weighted by Gasteiger charge is -2.63. The Bertz CT molecular complexity index is 567. The van der Waals surface area contributed by atoms with E-state index in [0.717, 1.165) is 25.5 Å². The van der Waals surface area contributed by atoms with Crippen molar-refractivity contribution in [2.75, 3.05) is 20.2 Å². The fourth-order valence-corrected chi connectivity index (χ4v) is 4.77. The molecule has 124 valence electrons. The van der Waals surface area contributed by atoms with Gasteiger partial charge in [0.25, 0.3) is 0 Å². The molecule has 0 aromatic heterocycles. The third-order valence-corrected chi connectivity index (χ3v) is 6.10. The molecule has 2 N–H and O–H groups in total. The van der Waals surface area contributed by atoms with Crippen LogP contribution in [0.4, 0.5) is 0 Å². The summed E-state index contributed by atoms with van der Waals surface area (Å²) in [5.74, 6) is 1.63. The molecule has 0 bridgehead atoms. The molecule has 4 nitrogen and oxygen atoms in total. The zero-order chi connectivity index (χ0) is 15.7. The predicted octanol–water partition coefficient (Wildman–Crippen LogP) is 2.35. The Morgan fingerprint density at radius 3 is 2.83 bits per heavy atom. The zero-order valence-corrected chi connectivity index (χ0v) is 13.9. The summed E-state index contributed by atoms with van der Waals surface area (Å²) in [5, 5.41) is 7.19. The van der Waals surface area contributed by atoms with Crippen LogP contribution < -0.4 is 10.6 Å². The molecule has 1 aliphatic heterocycles. The first-order valence-corrected chi connectivity index (χ1v) is 8.96. The van der Waals surface area contributed by atoms with Gasteiger partial charge in [-0.2, -0.15) is 0 Å². The van der Waals surface area contributed by atoms with E-state index in [1.54, 1.807) is 0 Å². The number of nitrogens with one attached hydrogen (secondary N) is 2. The summed E-state index contributed by atoms with van der Waals surface area (Å²) >= 11 is 0. The van der Waals surface area contributed by atoms with Crippen LogP contribution in [0.25, 0.3) is 0 Å². The standard InChI is InChI=1S/C19H27N3O/c1-20-18(21-12-8-14-6-3-2-4-7-14)22-16-15-9-13-23-17(15)19(16)10-5-11-19/h2-4,6-7,15-17H,5,8-13H2,1H3,(H2,20,21,22). The number of fused-ring (bicyclic) bond motifs is 2. The second kappa shape index (κ2) is 6.16. The molecule has 2 aliphatic carbocycles. The van der Waals surface area contributed by atoms with Crippen molar-refractivity contribution in [2.45, 2.75) is 44.2 Å². The van der Waals surface area contributed by atoms with Crippen LogP contribution >= 0.6 is 0 Å². The first-order valence-electron chi connectivity index (χ1n) is 8.96. The van der Waals surface area contributed by atoms with Crippen LogP contribution in [0.3, 0.4) is 0 Å². The highest BCUT2D eigenvalue weighted by Gasteiger charge is 2.66. The first kappa shape index (κ1) is 15.0. The van der Waals surface area contributed by atoms with Gasteiger partial charge in [-0.05, 0) is 31.2 Å². The molecule has 0 amide bonds. The molecule has 3 unspecified atom stereocenters. The van der Waals surface area contributed by atoms with Crippen molar-refractivity contribution in [2.24, 2.45) is 16.3 Å². The average molecular weight is 313 g/mol. The highest BCUT2D eigenvalue weighted by atomic mass is 16.5. The van der Waals surface area contributed by atoms with E-state index in [2.05, 4.69) is 46.0 Å². The van der Waals surface area contributed by atoms with Crippen LogP contribution in [0.15, 0.2) is 35.3 Å². The normalized spacial score (nSPS) is 31.2. The number of guanidine groups is 1. The summed E-state index contributed by atoms with van der Waals surface area (Å²) in [6, 6.07) is 11.1. The highest BCUT2D eigenvalue weighted by molar-refractivity contribution is 5.80. The Morgan fingerprint density at radius 1 is 1.30 bits per heavy atom. The predicted molar refractivity (Wildman–Crippen MR) is 92.6 cm³/mol. The van der Waals surface area contributed by atoms with Crippen molar-refractivity contribution >= 4 is 5.96 Å². The summed E-state index contributed by atoms with van der Waals surface area (Å²) in [5.41, 5.74) is 1.76. The van der Waals surface area contributed by atoms with Gasteiger partial charge in [-0.1, -0.05) is 36.8 Å². The van der Waals surface area contributed by atoms with Gasteiger partial charge in [0.2, 0.25) is 0 Å².